The van der Waals surface area contributed by atoms with Crippen molar-refractivity contribution in [2.75, 3.05) is 25.1 Å². The number of rotatable bonds is 10. The third-order valence-corrected chi connectivity index (χ3v) is 4.85. The highest BCUT2D eigenvalue weighted by Crippen LogP contribution is 2.24. The molecular weight excluding hydrogens is 414 g/mol. The molecular formula is C28H25NO4. The molecule has 33 heavy (non-hydrogen) atoms. The van der Waals surface area contributed by atoms with E-state index in [1.165, 1.54) is 0 Å². The van der Waals surface area contributed by atoms with Crippen molar-refractivity contribution in [1.82, 2.24) is 0 Å². The summed E-state index contributed by atoms with van der Waals surface area (Å²) in [4.78, 5) is 12.4. The van der Waals surface area contributed by atoms with Gasteiger partial charge in [-0.25, -0.2) is 0 Å². The lowest BCUT2D eigenvalue weighted by Gasteiger charge is -2.13. The maximum absolute atomic E-state index is 12.4. The Morgan fingerprint density at radius 2 is 1.15 bits per heavy atom. The van der Waals surface area contributed by atoms with Gasteiger partial charge < -0.3 is 19.5 Å². The lowest BCUT2D eigenvalue weighted by Crippen LogP contribution is -2.21. The van der Waals surface area contributed by atoms with Gasteiger partial charge >= 0.3 is 0 Å². The zero-order chi connectivity index (χ0) is 22.7. The van der Waals surface area contributed by atoms with Crippen LogP contribution in [0.3, 0.4) is 0 Å². The fourth-order valence-corrected chi connectivity index (χ4v) is 3.23. The molecule has 0 bridgehead atoms. The first-order valence-corrected chi connectivity index (χ1v) is 10.8. The molecule has 4 aromatic carbocycles. The quantitative estimate of drug-likeness (QED) is 0.316. The second kappa shape index (κ2) is 11.4. The molecule has 4 rings (SSSR count). The first-order chi connectivity index (χ1) is 16.3. The second-order valence-electron chi connectivity index (χ2n) is 7.23. The van der Waals surface area contributed by atoms with Gasteiger partial charge in [0.15, 0.2) is 6.61 Å². The lowest BCUT2D eigenvalue weighted by molar-refractivity contribution is -0.118. The van der Waals surface area contributed by atoms with Gasteiger partial charge in [0.2, 0.25) is 0 Å². The summed E-state index contributed by atoms with van der Waals surface area (Å²) < 4.78 is 17.1. The van der Waals surface area contributed by atoms with Crippen LogP contribution in [0.5, 0.6) is 17.2 Å². The molecule has 0 atom stereocenters. The average Bonchev–Trinajstić information content (AvgIpc) is 2.88. The first kappa shape index (κ1) is 22.0. The lowest BCUT2D eigenvalue weighted by atomic mass is 10.1. The molecule has 1 amide bonds. The molecule has 5 heteroatoms. The highest BCUT2D eigenvalue weighted by atomic mass is 16.5. The number of carbonyl (C=O) groups is 1. The van der Waals surface area contributed by atoms with Gasteiger partial charge in [-0.3, -0.25) is 4.79 Å². The Bertz CT molecular complexity index is 1150. The van der Waals surface area contributed by atoms with Crippen LogP contribution in [-0.2, 0) is 4.79 Å². The molecule has 166 valence electrons. The molecule has 0 spiro atoms. The monoisotopic (exact) mass is 439 g/mol. The highest BCUT2D eigenvalue weighted by molar-refractivity contribution is 5.93. The maximum atomic E-state index is 12.4. The van der Waals surface area contributed by atoms with Crippen LogP contribution < -0.4 is 19.5 Å². The summed E-state index contributed by atoms with van der Waals surface area (Å²) in [5.74, 6) is 1.73. The van der Waals surface area contributed by atoms with Crippen LogP contribution in [0.2, 0.25) is 0 Å². The Morgan fingerprint density at radius 1 is 0.576 bits per heavy atom. The standard InChI is InChI=1S/C28H25NO4/c30-28(21-33-25-17-15-23(16-18-25)22-9-3-1-4-10-22)29-26-13-7-8-14-27(26)32-20-19-31-24-11-5-2-6-12-24/h1-18H,19-21H2,(H,29,30). The van der Waals surface area contributed by atoms with Crippen LogP contribution in [0.15, 0.2) is 109 Å². The van der Waals surface area contributed by atoms with Crippen molar-refractivity contribution in [3.63, 3.8) is 0 Å². The summed E-state index contributed by atoms with van der Waals surface area (Å²) in [5.41, 5.74) is 2.81. The van der Waals surface area contributed by atoms with Crippen LogP contribution in [0.4, 0.5) is 5.69 Å². The molecule has 0 unspecified atom stereocenters. The number of para-hydroxylation sites is 3. The molecule has 0 aromatic heterocycles. The smallest absolute Gasteiger partial charge is 0.262 e. The number of hydrogen-bond acceptors (Lipinski definition) is 4. The molecule has 5 nitrogen and oxygen atoms in total. The van der Waals surface area contributed by atoms with Crippen LogP contribution in [0, 0.1) is 0 Å². The fourth-order valence-electron chi connectivity index (χ4n) is 3.23. The number of amides is 1. The fraction of sp³-hybridized carbons (Fsp3) is 0.107. The van der Waals surface area contributed by atoms with E-state index in [4.69, 9.17) is 14.2 Å². The van der Waals surface area contributed by atoms with Gasteiger partial charge in [-0.2, -0.15) is 0 Å². The third-order valence-electron chi connectivity index (χ3n) is 4.85. The van der Waals surface area contributed by atoms with E-state index in [1.54, 1.807) is 12.1 Å². The van der Waals surface area contributed by atoms with Crippen LogP contribution in [-0.4, -0.2) is 25.7 Å². The predicted octanol–water partition coefficient (Wildman–Crippen LogP) is 5.83. The molecule has 0 heterocycles. The molecule has 1 N–H and O–H groups in total. The molecule has 0 fully saturated rings. The minimum absolute atomic E-state index is 0.101. The normalized spacial score (nSPS) is 10.3. The number of carbonyl (C=O) groups excluding carboxylic acids is 1. The number of nitrogens with one attached hydrogen (secondary N) is 1. The summed E-state index contributed by atoms with van der Waals surface area (Å²) in [6.45, 7) is 0.649. The van der Waals surface area contributed by atoms with E-state index in [0.717, 1.165) is 16.9 Å². The number of ether oxygens (including phenoxy) is 3. The Morgan fingerprint density at radius 3 is 1.91 bits per heavy atom. The van der Waals surface area contributed by atoms with E-state index in [2.05, 4.69) is 17.4 Å². The van der Waals surface area contributed by atoms with Gasteiger partial charge in [0.25, 0.3) is 5.91 Å². The van der Waals surface area contributed by atoms with Crippen molar-refractivity contribution in [2.45, 2.75) is 0 Å². The largest absolute Gasteiger partial charge is 0.490 e. The Labute approximate surface area is 193 Å². The minimum Gasteiger partial charge on any atom is -0.490 e. The molecule has 4 aromatic rings. The molecule has 0 aliphatic carbocycles. The van der Waals surface area contributed by atoms with Crippen molar-refractivity contribution in [2.24, 2.45) is 0 Å². The average molecular weight is 440 g/mol. The summed E-state index contributed by atoms with van der Waals surface area (Å²) in [6, 6.07) is 34.6. The van der Waals surface area contributed by atoms with Gasteiger partial charge in [0.1, 0.15) is 30.5 Å². The maximum Gasteiger partial charge on any atom is 0.262 e. The third kappa shape index (κ3) is 6.61. The molecule has 0 saturated heterocycles. The molecule has 0 aliphatic heterocycles. The Balaban J connectivity index is 1.25. The van der Waals surface area contributed by atoms with Crippen LogP contribution >= 0.6 is 0 Å². The van der Waals surface area contributed by atoms with Gasteiger partial charge in [-0.05, 0) is 47.5 Å². The number of hydrogen-bond donors (Lipinski definition) is 1. The SMILES string of the molecule is O=C(COc1ccc(-c2ccccc2)cc1)Nc1ccccc1OCCOc1ccccc1. The summed E-state index contributed by atoms with van der Waals surface area (Å²) in [6.07, 6.45) is 0. The predicted molar refractivity (Wildman–Crippen MR) is 130 cm³/mol. The van der Waals surface area contributed by atoms with Crippen molar-refractivity contribution in [1.29, 1.82) is 0 Å². The Hall–Kier alpha value is -4.25. The Kier molecular flexibility index (Phi) is 7.58. The van der Waals surface area contributed by atoms with E-state index in [0.29, 0.717) is 30.4 Å². The topological polar surface area (TPSA) is 56.8 Å². The van der Waals surface area contributed by atoms with Gasteiger partial charge in [0, 0.05) is 0 Å². The van der Waals surface area contributed by atoms with Crippen molar-refractivity contribution < 1.29 is 19.0 Å². The van der Waals surface area contributed by atoms with E-state index in [-0.39, 0.29) is 12.5 Å². The number of benzene rings is 4. The zero-order valence-corrected chi connectivity index (χ0v) is 18.1. The van der Waals surface area contributed by atoms with Crippen molar-refractivity contribution >= 4 is 11.6 Å². The highest BCUT2D eigenvalue weighted by Gasteiger charge is 2.09. The van der Waals surface area contributed by atoms with E-state index < -0.39 is 0 Å². The first-order valence-electron chi connectivity index (χ1n) is 10.8. The zero-order valence-electron chi connectivity index (χ0n) is 18.1. The molecule has 0 aliphatic rings. The van der Waals surface area contributed by atoms with Gasteiger partial charge in [-0.1, -0.05) is 72.8 Å². The van der Waals surface area contributed by atoms with Gasteiger partial charge in [0.05, 0.1) is 5.69 Å². The van der Waals surface area contributed by atoms with Gasteiger partial charge in [-0.15, -0.1) is 0 Å². The van der Waals surface area contributed by atoms with E-state index >= 15 is 0 Å². The minimum atomic E-state index is -0.265. The summed E-state index contributed by atoms with van der Waals surface area (Å²) in [5, 5.41) is 2.85. The van der Waals surface area contributed by atoms with Crippen molar-refractivity contribution in [3.05, 3.63) is 109 Å². The van der Waals surface area contributed by atoms with E-state index in [9.17, 15) is 4.79 Å². The molecule has 0 saturated carbocycles. The van der Waals surface area contributed by atoms with Crippen molar-refractivity contribution in [3.8, 4) is 28.4 Å². The number of anilines is 1. The second-order valence-corrected chi connectivity index (χ2v) is 7.23. The summed E-state index contributed by atoms with van der Waals surface area (Å²) >= 11 is 0. The van der Waals surface area contributed by atoms with Crippen LogP contribution in [0.25, 0.3) is 11.1 Å². The molecule has 0 radical (unpaired) electrons. The van der Waals surface area contributed by atoms with Crippen LogP contribution in [0.1, 0.15) is 0 Å². The summed E-state index contributed by atoms with van der Waals surface area (Å²) in [7, 11) is 0. The van der Waals surface area contributed by atoms with E-state index in [1.807, 2.05) is 84.9 Å².